The van der Waals surface area contributed by atoms with E-state index in [0.29, 0.717) is 39.5 Å². The van der Waals surface area contributed by atoms with Gasteiger partial charge in [0.15, 0.2) is 11.3 Å². The van der Waals surface area contributed by atoms with Crippen LogP contribution in [-0.2, 0) is 0 Å². The second kappa shape index (κ2) is 8.81. The number of carbonyl (C=O) groups is 1. The van der Waals surface area contributed by atoms with Crippen molar-refractivity contribution in [3.63, 3.8) is 0 Å². The molecule has 0 saturated heterocycles. The Morgan fingerprint density at radius 1 is 1.14 bits per heavy atom. The first-order chi connectivity index (χ1) is 17.5. The third-order valence-electron chi connectivity index (χ3n) is 6.66. The Morgan fingerprint density at radius 2 is 2.00 bits per heavy atom. The van der Waals surface area contributed by atoms with E-state index in [4.69, 9.17) is 15.4 Å². The molecule has 1 atom stereocenters. The molecule has 4 heterocycles. The highest BCUT2D eigenvalue weighted by Crippen LogP contribution is 2.48. The summed E-state index contributed by atoms with van der Waals surface area (Å²) in [6.07, 6.45) is 10.4. The lowest BCUT2D eigenvalue weighted by molar-refractivity contribution is 0.0928. The monoisotopic (exact) mass is 485 g/mol. The number of hydrogen-bond donors (Lipinski definition) is 2. The molecular formula is C25H27N9O2. The summed E-state index contributed by atoms with van der Waals surface area (Å²) in [4.78, 5) is 21.3. The fourth-order valence-electron chi connectivity index (χ4n) is 4.63. The van der Waals surface area contributed by atoms with E-state index in [2.05, 4.69) is 42.8 Å². The quantitative estimate of drug-likeness (QED) is 0.388. The normalized spacial score (nSPS) is 17.7. The third-order valence-corrected chi connectivity index (χ3v) is 6.66. The van der Waals surface area contributed by atoms with Crippen molar-refractivity contribution in [2.45, 2.75) is 64.0 Å². The summed E-state index contributed by atoms with van der Waals surface area (Å²) in [7, 11) is 0. The van der Waals surface area contributed by atoms with Gasteiger partial charge in [-0.05, 0) is 58.1 Å². The number of allylic oxidation sites excluding steroid dienone is 1. The number of rotatable bonds is 6. The van der Waals surface area contributed by atoms with Crippen molar-refractivity contribution in [1.29, 1.82) is 0 Å². The number of fused-ring (bicyclic) bond motifs is 1. The Labute approximate surface area is 207 Å². The van der Waals surface area contributed by atoms with Crippen LogP contribution in [0.15, 0.2) is 35.1 Å². The highest BCUT2D eigenvalue weighted by molar-refractivity contribution is 6.00. The molecule has 1 saturated carbocycles. The largest absolute Gasteiger partial charge is 0.383 e. The lowest BCUT2D eigenvalue weighted by Crippen LogP contribution is -2.35. The lowest BCUT2D eigenvalue weighted by atomic mass is 10.0. The van der Waals surface area contributed by atoms with Gasteiger partial charge in [0.2, 0.25) is 0 Å². The Morgan fingerprint density at radius 3 is 2.69 bits per heavy atom. The number of nitrogens with zero attached hydrogens (tertiary/aromatic N) is 7. The number of nitrogens with one attached hydrogen (secondary N) is 1. The zero-order chi connectivity index (χ0) is 24.8. The number of aromatic nitrogens is 7. The maximum atomic E-state index is 12.7. The van der Waals surface area contributed by atoms with Crippen molar-refractivity contribution in [3.8, 4) is 22.6 Å². The van der Waals surface area contributed by atoms with Crippen LogP contribution in [0.5, 0.6) is 0 Å². The minimum Gasteiger partial charge on any atom is -0.383 e. The Kier molecular flexibility index (Phi) is 5.46. The molecule has 2 aliphatic carbocycles. The predicted molar refractivity (Wildman–Crippen MR) is 133 cm³/mol. The van der Waals surface area contributed by atoms with Crippen LogP contribution in [0.25, 0.3) is 33.7 Å². The van der Waals surface area contributed by atoms with E-state index in [1.165, 1.54) is 6.33 Å². The molecule has 0 aliphatic heterocycles. The van der Waals surface area contributed by atoms with Crippen molar-refractivity contribution in [3.05, 3.63) is 42.1 Å². The SMILES string of the molecule is CC(C)n1nc(-c2noc(C3CC3)c2-c2ccc(C(=O)NC3CC=CCC3)nn2)c2c(N)ncnc21. The number of nitrogen functional groups attached to an aromatic ring is 1. The molecular weight excluding hydrogens is 458 g/mol. The molecule has 0 radical (unpaired) electrons. The number of carbonyl (C=O) groups excluding carboxylic acids is 1. The maximum Gasteiger partial charge on any atom is 0.272 e. The van der Waals surface area contributed by atoms with E-state index in [1.807, 2.05) is 13.8 Å². The van der Waals surface area contributed by atoms with Crippen molar-refractivity contribution in [2.75, 3.05) is 5.73 Å². The van der Waals surface area contributed by atoms with Gasteiger partial charge in [-0.3, -0.25) is 4.79 Å². The molecule has 184 valence electrons. The minimum absolute atomic E-state index is 0.0473. The second-order valence-corrected chi connectivity index (χ2v) is 9.65. The van der Waals surface area contributed by atoms with Crippen molar-refractivity contribution < 1.29 is 9.32 Å². The summed E-state index contributed by atoms with van der Waals surface area (Å²) >= 11 is 0. The molecule has 11 nitrogen and oxygen atoms in total. The van der Waals surface area contributed by atoms with Gasteiger partial charge in [-0.15, -0.1) is 10.2 Å². The molecule has 4 aromatic rings. The summed E-state index contributed by atoms with van der Waals surface area (Å²) in [5.41, 5.74) is 9.50. The molecule has 0 bridgehead atoms. The fraction of sp³-hybridized carbons (Fsp3) is 0.400. The summed E-state index contributed by atoms with van der Waals surface area (Å²) < 4.78 is 7.63. The number of hydrogen-bond acceptors (Lipinski definition) is 9. The zero-order valence-corrected chi connectivity index (χ0v) is 20.2. The van der Waals surface area contributed by atoms with Gasteiger partial charge in [-0.1, -0.05) is 17.3 Å². The Bertz CT molecular complexity index is 1460. The molecule has 6 rings (SSSR count). The van der Waals surface area contributed by atoms with Crippen LogP contribution >= 0.6 is 0 Å². The summed E-state index contributed by atoms with van der Waals surface area (Å²) in [5.74, 6) is 1.10. The first kappa shape index (κ1) is 22.3. The van der Waals surface area contributed by atoms with Crippen LogP contribution in [-0.4, -0.2) is 47.1 Å². The zero-order valence-electron chi connectivity index (χ0n) is 20.2. The van der Waals surface area contributed by atoms with Crippen LogP contribution < -0.4 is 11.1 Å². The van der Waals surface area contributed by atoms with Crippen molar-refractivity contribution in [1.82, 2.24) is 40.4 Å². The standard InChI is InChI=1S/C25H27N9O2/c1-13(2)34-24-19(23(26)27-12-28-24)20(32-34)21-18(22(36-33-21)14-8-9-14)16-10-11-17(31-30-16)25(35)29-15-6-4-3-5-7-15/h3-4,10-15H,5-9H2,1-2H3,(H,29,35)(H2,26,27,28). The van der Waals surface area contributed by atoms with E-state index < -0.39 is 0 Å². The van der Waals surface area contributed by atoms with E-state index in [1.54, 1.807) is 16.8 Å². The first-order valence-electron chi connectivity index (χ1n) is 12.3. The minimum atomic E-state index is -0.228. The summed E-state index contributed by atoms with van der Waals surface area (Å²) in [6.45, 7) is 4.04. The van der Waals surface area contributed by atoms with E-state index in [-0.39, 0.29) is 29.6 Å². The van der Waals surface area contributed by atoms with E-state index >= 15 is 0 Å². The highest BCUT2D eigenvalue weighted by Gasteiger charge is 2.35. The van der Waals surface area contributed by atoms with Gasteiger partial charge in [0.05, 0.1) is 16.6 Å². The van der Waals surface area contributed by atoms with Gasteiger partial charge >= 0.3 is 0 Å². The second-order valence-electron chi connectivity index (χ2n) is 9.65. The third kappa shape index (κ3) is 3.90. The summed E-state index contributed by atoms with van der Waals surface area (Å²) in [5, 5.41) is 21.5. The van der Waals surface area contributed by atoms with Crippen LogP contribution in [0.1, 0.15) is 74.2 Å². The number of anilines is 1. The molecule has 4 aromatic heterocycles. The van der Waals surface area contributed by atoms with Crippen LogP contribution in [0.4, 0.5) is 5.82 Å². The Balaban J connectivity index is 1.40. The van der Waals surface area contributed by atoms with Gasteiger partial charge < -0.3 is 15.6 Å². The maximum absolute atomic E-state index is 12.7. The fourth-order valence-corrected chi connectivity index (χ4v) is 4.63. The van der Waals surface area contributed by atoms with Crippen molar-refractivity contribution in [2.24, 2.45) is 0 Å². The topological polar surface area (TPSA) is 151 Å². The molecule has 0 spiro atoms. The van der Waals surface area contributed by atoms with E-state index in [9.17, 15) is 4.79 Å². The predicted octanol–water partition coefficient (Wildman–Crippen LogP) is 3.82. The van der Waals surface area contributed by atoms with E-state index in [0.717, 1.165) is 37.9 Å². The molecule has 1 fully saturated rings. The first-order valence-corrected chi connectivity index (χ1v) is 12.3. The van der Waals surface area contributed by atoms with Gasteiger partial charge in [0.1, 0.15) is 29.3 Å². The van der Waals surface area contributed by atoms with Crippen LogP contribution in [0.2, 0.25) is 0 Å². The summed E-state index contributed by atoms with van der Waals surface area (Å²) in [6, 6.07) is 3.64. The number of nitrogens with two attached hydrogens (primary N) is 1. The lowest BCUT2D eigenvalue weighted by Gasteiger charge is -2.18. The smallest absolute Gasteiger partial charge is 0.272 e. The molecule has 0 aromatic carbocycles. The molecule has 1 amide bonds. The number of amides is 1. The molecule has 2 aliphatic rings. The highest BCUT2D eigenvalue weighted by atomic mass is 16.5. The molecule has 36 heavy (non-hydrogen) atoms. The van der Waals surface area contributed by atoms with Crippen molar-refractivity contribution >= 4 is 22.8 Å². The van der Waals surface area contributed by atoms with Gasteiger partial charge in [-0.25, -0.2) is 14.6 Å². The van der Waals surface area contributed by atoms with Gasteiger partial charge in [-0.2, -0.15) is 5.10 Å². The van der Waals surface area contributed by atoms with Crippen LogP contribution in [0, 0.1) is 0 Å². The molecule has 1 unspecified atom stereocenters. The van der Waals surface area contributed by atoms with Gasteiger partial charge in [0, 0.05) is 18.0 Å². The van der Waals surface area contributed by atoms with Gasteiger partial charge in [0.25, 0.3) is 5.91 Å². The van der Waals surface area contributed by atoms with Crippen LogP contribution in [0.3, 0.4) is 0 Å². The molecule has 3 N–H and O–H groups in total. The average Bonchev–Trinajstić information content (AvgIpc) is 3.51. The average molecular weight is 486 g/mol. The molecule has 11 heteroatoms. The Hall–Kier alpha value is -4.15.